The van der Waals surface area contributed by atoms with Gasteiger partial charge in [0.05, 0.1) is 7.11 Å². The third-order valence-corrected chi connectivity index (χ3v) is 2.20. The molecule has 0 N–H and O–H groups in total. The molecule has 0 amide bonds. The van der Waals surface area contributed by atoms with Gasteiger partial charge in [-0.15, -0.1) is 24.8 Å². The van der Waals surface area contributed by atoms with E-state index in [-0.39, 0.29) is 24.8 Å². The standard InChI is InChI=1S/C9H14OSi.2ClH/c1-10-9-4-2-8(3-5-9)6-7-11;;/h2-5H,6-7H2,1,11H3;2*1H. The Morgan fingerprint density at radius 1 is 1.15 bits per heavy atom. The van der Waals surface area contributed by atoms with Gasteiger partial charge in [-0.3, -0.25) is 0 Å². The van der Waals surface area contributed by atoms with Crippen molar-refractivity contribution < 1.29 is 4.74 Å². The van der Waals surface area contributed by atoms with Crippen LogP contribution < -0.4 is 4.74 Å². The molecule has 1 aromatic rings. The van der Waals surface area contributed by atoms with Crippen LogP contribution in [0.3, 0.4) is 0 Å². The molecule has 1 rings (SSSR count). The quantitative estimate of drug-likeness (QED) is 0.732. The maximum Gasteiger partial charge on any atom is 0.118 e. The summed E-state index contributed by atoms with van der Waals surface area (Å²) < 4.78 is 5.06. The zero-order valence-electron chi connectivity index (χ0n) is 7.95. The average molecular weight is 239 g/mol. The molecule has 0 aliphatic rings. The fourth-order valence-corrected chi connectivity index (χ4v) is 1.66. The van der Waals surface area contributed by atoms with E-state index in [1.165, 1.54) is 28.3 Å². The predicted octanol–water partition coefficient (Wildman–Crippen LogP) is 1.87. The molecule has 0 aromatic heterocycles. The van der Waals surface area contributed by atoms with Crippen molar-refractivity contribution >= 4 is 35.1 Å². The number of hydrogen-bond donors (Lipinski definition) is 0. The molecule has 76 valence electrons. The lowest BCUT2D eigenvalue weighted by molar-refractivity contribution is 0.414. The Morgan fingerprint density at radius 2 is 1.69 bits per heavy atom. The van der Waals surface area contributed by atoms with Crippen molar-refractivity contribution in [2.45, 2.75) is 12.5 Å². The van der Waals surface area contributed by atoms with E-state index >= 15 is 0 Å². The van der Waals surface area contributed by atoms with E-state index in [0.717, 1.165) is 5.75 Å². The summed E-state index contributed by atoms with van der Waals surface area (Å²) in [5.41, 5.74) is 1.42. The third-order valence-electron chi connectivity index (χ3n) is 1.70. The van der Waals surface area contributed by atoms with E-state index in [2.05, 4.69) is 12.1 Å². The van der Waals surface area contributed by atoms with E-state index in [1.807, 2.05) is 12.1 Å². The number of methoxy groups -OCH3 is 1. The number of aryl methyl sites for hydroxylation is 1. The van der Waals surface area contributed by atoms with Gasteiger partial charge in [-0.25, -0.2) is 0 Å². The normalized spacial score (nSPS) is 8.38. The first-order valence-electron chi connectivity index (χ1n) is 3.99. The zero-order valence-corrected chi connectivity index (χ0v) is 11.6. The molecular formula is C9H16Cl2OSi. The molecule has 0 heterocycles. The maximum absolute atomic E-state index is 5.06. The van der Waals surface area contributed by atoms with Crippen LogP contribution in [-0.4, -0.2) is 17.4 Å². The molecule has 0 radical (unpaired) electrons. The second-order valence-corrected chi connectivity index (χ2v) is 3.60. The molecule has 0 saturated heterocycles. The lowest BCUT2D eigenvalue weighted by Crippen LogP contribution is -1.85. The third kappa shape index (κ3) is 5.19. The maximum atomic E-state index is 5.06. The van der Waals surface area contributed by atoms with Crippen LogP contribution in [0.1, 0.15) is 5.56 Å². The zero-order chi connectivity index (χ0) is 8.10. The Morgan fingerprint density at radius 3 is 2.08 bits per heavy atom. The Labute approximate surface area is 95.1 Å². The van der Waals surface area contributed by atoms with Gasteiger partial charge < -0.3 is 4.74 Å². The molecular weight excluding hydrogens is 223 g/mol. The van der Waals surface area contributed by atoms with Gasteiger partial charge in [0.15, 0.2) is 0 Å². The average Bonchev–Trinajstić information content (AvgIpc) is 2.07. The van der Waals surface area contributed by atoms with Crippen molar-refractivity contribution in [2.24, 2.45) is 0 Å². The van der Waals surface area contributed by atoms with E-state index in [0.29, 0.717) is 0 Å². The van der Waals surface area contributed by atoms with Gasteiger partial charge in [-0.05, 0) is 24.1 Å². The van der Waals surface area contributed by atoms with Crippen LogP contribution in [0.5, 0.6) is 5.75 Å². The first-order chi connectivity index (χ1) is 5.36. The lowest BCUT2D eigenvalue weighted by atomic mass is 10.2. The summed E-state index contributed by atoms with van der Waals surface area (Å²) in [6, 6.07) is 9.65. The van der Waals surface area contributed by atoms with Crippen LogP contribution in [0.25, 0.3) is 0 Å². The first-order valence-corrected chi connectivity index (χ1v) is 5.41. The number of hydrogen-bond acceptors (Lipinski definition) is 1. The summed E-state index contributed by atoms with van der Waals surface area (Å²) in [5.74, 6) is 0.946. The van der Waals surface area contributed by atoms with E-state index in [1.54, 1.807) is 7.11 Å². The fraction of sp³-hybridized carbons (Fsp3) is 0.333. The van der Waals surface area contributed by atoms with Crippen LogP contribution in [0.2, 0.25) is 6.04 Å². The molecule has 4 heteroatoms. The fourth-order valence-electron chi connectivity index (χ4n) is 1.08. The highest BCUT2D eigenvalue weighted by Gasteiger charge is 1.91. The molecule has 0 bridgehead atoms. The molecule has 0 saturated carbocycles. The Bertz CT molecular complexity index is 213. The van der Waals surface area contributed by atoms with E-state index in [4.69, 9.17) is 4.74 Å². The minimum Gasteiger partial charge on any atom is -0.497 e. The molecule has 1 nitrogen and oxygen atoms in total. The summed E-state index contributed by atoms with van der Waals surface area (Å²) in [4.78, 5) is 0. The molecule has 0 unspecified atom stereocenters. The second-order valence-electron chi connectivity index (χ2n) is 2.60. The molecule has 0 fully saturated rings. The van der Waals surface area contributed by atoms with Crippen LogP contribution in [0.15, 0.2) is 24.3 Å². The Balaban J connectivity index is 0. The van der Waals surface area contributed by atoms with Crippen molar-refractivity contribution in [1.82, 2.24) is 0 Å². The summed E-state index contributed by atoms with van der Waals surface area (Å²) in [6.45, 7) is 0. The Kier molecular flexibility index (Phi) is 9.90. The van der Waals surface area contributed by atoms with Gasteiger partial charge in [0.1, 0.15) is 5.75 Å². The van der Waals surface area contributed by atoms with E-state index < -0.39 is 0 Å². The van der Waals surface area contributed by atoms with Gasteiger partial charge in [0, 0.05) is 10.2 Å². The highest BCUT2D eigenvalue weighted by atomic mass is 35.5. The molecule has 0 aliphatic carbocycles. The number of rotatable bonds is 3. The van der Waals surface area contributed by atoms with Crippen LogP contribution in [0, 0.1) is 0 Å². The first kappa shape index (κ1) is 15.3. The summed E-state index contributed by atoms with van der Waals surface area (Å²) in [5, 5.41) is 0. The molecule has 0 spiro atoms. The minimum atomic E-state index is 0. The molecule has 0 aliphatic heterocycles. The second kappa shape index (κ2) is 8.42. The van der Waals surface area contributed by atoms with Crippen molar-refractivity contribution in [3.8, 4) is 5.75 Å². The highest BCUT2D eigenvalue weighted by molar-refractivity contribution is 6.08. The van der Waals surface area contributed by atoms with Gasteiger partial charge in [0.2, 0.25) is 0 Å². The smallest absolute Gasteiger partial charge is 0.118 e. The van der Waals surface area contributed by atoms with Crippen LogP contribution in [0.4, 0.5) is 0 Å². The van der Waals surface area contributed by atoms with Crippen molar-refractivity contribution in [3.63, 3.8) is 0 Å². The molecule has 13 heavy (non-hydrogen) atoms. The van der Waals surface area contributed by atoms with Gasteiger partial charge in [-0.2, -0.15) is 0 Å². The van der Waals surface area contributed by atoms with Crippen LogP contribution >= 0.6 is 24.8 Å². The SMILES string of the molecule is COc1ccc(CC[SiH3])cc1.Cl.Cl. The monoisotopic (exact) mass is 238 g/mol. The summed E-state index contributed by atoms with van der Waals surface area (Å²) >= 11 is 0. The highest BCUT2D eigenvalue weighted by Crippen LogP contribution is 2.11. The Hall–Kier alpha value is -0.183. The number of benzene rings is 1. The molecule has 1 aromatic carbocycles. The van der Waals surface area contributed by atoms with Gasteiger partial charge in [0.25, 0.3) is 0 Å². The summed E-state index contributed by atoms with van der Waals surface area (Å²) in [6.07, 6.45) is 1.22. The largest absolute Gasteiger partial charge is 0.497 e. The molecule has 0 atom stereocenters. The number of halogens is 2. The summed E-state index contributed by atoms with van der Waals surface area (Å²) in [7, 11) is 2.99. The van der Waals surface area contributed by atoms with Crippen LogP contribution in [-0.2, 0) is 6.42 Å². The van der Waals surface area contributed by atoms with Gasteiger partial charge >= 0.3 is 0 Å². The van der Waals surface area contributed by atoms with Gasteiger partial charge in [-0.1, -0.05) is 18.2 Å². The lowest BCUT2D eigenvalue weighted by Gasteiger charge is -2.00. The van der Waals surface area contributed by atoms with Crippen molar-refractivity contribution in [3.05, 3.63) is 29.8 Å². The van der Waals surface area contributed by atoms with Crippen molar-refractivity contribution in [1.29, 1.82) is 0 Å². The topological polar surface area (TPSA) is 9.23 Å². The van der Waals surface area contributed by atoms with E-state index in [9.17, 15) is 0 Å². The number of ether oxygens (including phenoxy) is 1. The minimum absolute atomic E-state index is 0. The van der Waals surface area contributed by atoms with Crippen molar-refractivity contribution in [2.75, 3.05) is 7.11 Å². The predicted molar refractivity (Wildman–Crippen MR) is 65.9 cm³/mol.